The summed E-state index contributed by atoms with van der Waals surface area (Å²) in [5, 5.41) is 17.0. The van der Waals surface area contributed by atoms with Gasteiger partial charge in [-0.05, 0) is 24.5 Å². The number of rotatable bonds is 4. The largest absolute Gasteiger partial charge is 0.386 e. The Kier molecular flexibility index (Phi) is 4.29. The van der Waals surface area contributed by atoms with E-state index in [2.05, 4.69) is 10.6 Å². The van der Waals surface area contributed by atoms with Crippen LogP contribution in [0.2, 0.25) is 0 Å². The number of hydrogen-bond acceptors (Lipinski definition) is 5. The Hall–Kier alpha value is -3.15. The molecule has 0 aromatic heterocycles. The minimum Gasteiger partial charge on any atom is -0.386 e. The fraction of sp³-hybridized carbons (Fsp3) is 0.167. The first-order chi connectivity index (χ1) is 11.6. The molecule has 0 saturated carbocycles. The minimum absolute atomic E-state index is 0.000730. The highest BCUT2D eigenvalue weighted by Crippen LogP contribution is 2.29. The van der Waals surface area contributed by atoms with Crippen molar-refractivity contribution in [1.82, 2.24) is 0 Å². The summed E-state index contributed by atoms with van der Waals surface area (Å²) in [5.41, 5.74) is 3.74. The Morgan fingerprint density at radius 3 is 2.67 bits per heavy atom. The van der Waals surface area contributed by atoms with Crippen LogP contribution >= 0.6 is 0 Å². The van der Waals surface area contributed by atoms with Crippen molar-refractivity contribution in [1.29, 1.82) is 0 Å². The number of carbonyl (C=O) groups is 1. The first-order valence-corrected chi connectivity index (χ1v) is 7.64. The quantitative estimate of drug-likeness (QED) is 0.508. The summed E-state index contributed by atoms with van der Waals surface area (Å²) in [6.07, 6.45) is 3.11. The number of nitro benzene ring substituents is 1. The molecular formula is C18H17N3O3. The van der Waals surface area contributed by atoms with Crippen LogP contribution in [-0.2, 0) is 6.42 Å². The van der Waals surface area contributed by atoms with Gasteiger partial charge in [-0.3, -0.25) is 14.9 Å². The fourth-order valence-corrected chi connectivity index (χ4v) is 2.80. The molecule has 2 aromatic carbocycles. The van der Waals surface area contributed by atoms with Gasteiger partial charge in [-0.2, -0.15) is 0 Å². The molecule has 0 heterocycles. The molecule has 6 nitrogen and oxygen atoms in total. The summed E-state index contributed by atoms with van der Waals surface area (Å²) in [5.74, 6) is 0.000730. The Bertz CT molecular complexity index is 843. The molecule has 3 rings (SSSR count). The standard InChI is InChI=1S/C18H17N3O3/c1-19-16-9-8-14(21(23)24)10-17(16)20-11-13-7-6-12-4-2-3-5-15(12)18(13)22/h2-5,8-11,19-20H,6-7H2,1H3/b13-11+. The normalized spacial score (nSPS) is 15.0. The summed E-state index contributed by atoms with van der Waals surface area (Å²) in [7, 11) is 1.74. The van der Waals surface area contributed by atoms with E-state index in [0.717, 1.165) is 23.2 Å². The number of carbonyl (C=O) groups excluding carboxylic acids is 1. The number of anilines is 2. The molecule has 2 aromatic rings. The van der Waals surface area contributed by atoms with Crippen molar-refractivity contribution >= 4 is 22.8 Å². The zero-order chi connectivity index (χ0) is 17.1. The minimum atomic E-state index is -0.445. The first kappa shape index (κ1) is 15.7. The monoisotopic (exact) mass is 323 g/mol. The van der Waals surface area contributed by atoms with E-state index in [9.17, 15) is 14.9 Å². The number of non-ortho nitro benzene ring substituents is 1. The molecule has 6 heteroatoms. The number of nitrogens with zero attached hydrogens (tertiary/aromatic N) is 1. The van der Waals surface area contributed by atoms with Crippen LogP contribution < -0.4 is 10.6 Å². The van der Waals surface area contributed by atoms with Crippen molar-refractivity contribution in [2.45, 2.75) is 12.8 Å². The van der Waals surface area contributed by atoms with Crippen molar-refractivity contribution < 1.29 is 9.72 Å². The topological polar surface area (TPSA) is 84.3 Å². The second-order valence-corrected chi connectivity index (χ2v) is 5.54. The fourth-order valence-electron chi connectivity index (χ4n) is 2.80. The summed E-state index contributed by atoms with van der Waals surface area (Å²) in [6, 6.07) is 12.1. The maximum atomic E-state index is 12.5. The molecule has 0 amide bonds. The van der Waals surface area contributed by atoms with E-state index < -0.39 is 4.92 Å². The van der Waals surface area contributed by atoms with Crippen molar-refractivity contribution in [3.05, 3.63) is 75.5 Å². The molecule has 0 bridgehead atoms. The van der Waals surface area contributed by atoms with Gasteiger partial charge in [0.15, 0.2) is 5.78 Å². The lowest BCUT2D eigenvalue weighted by molar-refractivity contribution is -0.384. The van der Waals surface area contributed by atoms with Gasteiger partial charge in [0.25, 0.3) is 5.69 Å². The van der Waals surface area contributed by atoms with Crippen LogP contribution in [-0.4, -0.2) is 17.8 Å². The van der Waals surface area contributed by atoms with E-state index in [1.807, 2.05) is 24.3 Å². The zero-order valence-corrected chi connectivity index (χ0v) is 13.2. The van der Waals surface area contributed by atoms with Gasteiger partial charge in [0.1, 0.15) is 0 Å². The molecule has 1 aliphatic carbocycles. The lowest BCUT2D eigenvalue weighted by Crippen LogP contribution is -2.15. The van der Waals surface area contributed by atoms with Crippen LogP contribution in [0.4, 0.5) is 17.1 Å². The third-order valence-electron chi connectivity index (χ3n) is 4.10. The summed E-state index contributed by atoms with van der Waals surface area (Å²) in [4.78, 5) is 23.0. The zero-order valence-electron chi connectivity index (χ0n) is 13.2. The highest BCUT2D eigenvalue weighted by atomic mass is 16.6. The molecule has 24 heavy (non-hydrogen) atoms. The van der Waals surface area contributed by atoms with E-state index >= 15 is 0 Å². The highest BCUT2D eigenvalue weighted by Gasteiger charge is 2.21. The predicted octanol–water partition coefficient (Wildman–Crippen LogP) is 3.76. The molecule has 0 fully saturated rings. The maximum Gasteiger partial charge on any atom is 0.271 e. The number of hydrogen-bond donors (Lipinski definition) is 2. The van der Waals surface area contributed by atoms with Crippen molar-refractivity contribution in [2.24, 2.45) is 0 Å². The van der Waals surface area contributed by atoms with Gasteiger partial charge in [-0.25, -0.2) is 0 Å². The van der Waals surface area contributed by atoms with Crippen molar-refractivity contribution in [3.63, 3.8) is 0 Å². The maximum absolute atomic E-state index is 12.5. The average Bonchev–Trinajstić information content (AvgIpc) is 2.61. The van der Waals surface area contributed by atoms with E-state index in [0.29, 0.717) is 17.7 Å². The molecule has 1 aliphatic rings. The third-order valence-corrected chi connectivity index (χ3v) is 4.10. The number of nitro groups is 1. The van der Waals surface area contributed by atoms with Gasteiger partial charge >= 0.3 is 0 Å². The molecule has 122 valence electrons. The van der Waals surface area contributed by atoms with Crippen LogP contribution in [0.5, 0.6) is 0 Å². The van der Waals surface area contributed by atoms with Gasteiger partial charge < -0.3 is 10.6 Å². The average molecular weight is 323 g/mol. The SMILES string of the molecule is CNc1ccc([N+](=O)[O-])cc1N/C=C1\CCc2ccccc2C1=O. The van der Waals surface area contributed by atoms with Gasteiger partial charge in [-0.15, -0.1) is 0 Å². The Balaban J connectivity index is 1.88. The van der Waals surface area contributed by atoms with Crippen LogP contribution in [0.15, 0.2) is 54.2 Å². The third kappa shape index (κ3) is 2.99. The second kappa shape index (κ2) is 6.54. The Morgan fingerprint density at radius 2 is 1.92 bits per heavy atom. The van der Waals surface area contributed by atoms with Gasteiger partial charge in [0, 0.05) is 36.5 Å². The van der Waals surface area contributed by atoms with E-state index in [1.54, 1.807) is 19.3 Å². The molecular weight excluding hydrogens is 306 g/mol. The molecule has 0 radical (unpaired) electrons. The van der Waals surface area contributed by atoms with Crippen molar-refractivity contribution in [3.8, 4) is 0 Å². The Morgan fingerprint density at radius 1 is 1.12 bits per heavy atom. The molecule has 0 unspecified atom stereocenters. The molecule has 0 atom stereocenters. The number of aryl methyl sites for hydroxylation is 1. The molecule has 0 saturated heterocycles. The van der Waals surface area contributed by atoms with Gasteiger partial charge in [0.2, 0.25) is 0 Å². The lowest BCUT2D eigenvalue weighted by Gasteiger charge is -2.17. The summed E-state index contributed by atoms with van der Waals surface area (Å²) < 4.78 is 0. The predicted molar refractivity (Wildman–Crippen MR) is 93.4 cm³/mol. The molecule has 0 aliphatic heterocycles. The highest BCUT2D eigenvalue weighted by molar-refractivity contribution is 6.10. The van der Waals surface area contributed by atoms with Crippen LogP contribution in [0, 0.1) is 10.1 Å². The molecule has 0 spiro atoms. The van der Waals surface area contributed by atoms with E-state index in [4.69, 9.17) is 0 Å². The van der Waals surface area contributed by atoms with Crippen molar-refractivity contribution in [2.75, 3.05) is 17.7 Å². The van der Waals surface area contributed by atoms with Crippen LogP contribution in [0.3, 0.4) is 0 Å². The first-order valence-electron chi connectivity index (χ1n) is 7.64. The number of nitrogens with one attached hydrogen (secondary N) is 2. The number of Topliss-reactive ketones (excluding diaryl/α,β-unsaturated/α-hetero) is 1. The Labute approximate surface area is 139 Å². The van der Waals surface area contributed by atoms with Crippen LogP contribution in [0.25, 0.3) is 0 Å². The number of fused-ring (bicyclic) bond motifs is 1. The molecule has 2 N–H and O–H groups in total. The number of benzene rings is 2. The van der Waals surface area contributed by atoms with Gasteiger partial charge in [0.05, 0.1) is 16.3 Å². The number of allylic oxidation sites excluding steroid dienone is 1. The summed E-state index contributed by atoms with van der Waals surface area (Å²) >= 11 is 0. The number of ketones is 1. The summed E-state index contributed by atoms with van der Waals surface area (Å²) in [6.45, 7) is 0. The smallest absolute Gasteiger partial charge is 0.271 e. The van der Waals surface area contributed by atoms with E-state index in [1.165, 1.54) is 12.1 Å². The lowest BCUT2D eigenvalue weighted by atomic mass is 9.87. The van der Waals surface area contributed by atoms with E-state index in [-0.39, 0.29) is 11.5 Å². The van der Waals surface area contributed by atoms with Gasteiger partial charge in [-0.1, -0.05) is 24.3 Å². The van der Waals surface area contributed by atoms with Crippen LogP contribution in [0.1, 0.15) is 22.3 Å². The second-order valence-electron chi connectivity index (χ2n) is 5.54.